The molecule has 22 heavy (non-hydrogen) atoms. The lowest BCUT2D eigenvalue weighted by molar-refractivity contribution is 0.108. The molecule has 0 radical (unpaired) electrons. The van der Waals surface area contributed by atoms with Crippen LogP contribution in [0.25, 0.3) is 10.9 Å². The molecule has 1 fully saturated rings. The van der Waals surface area contributed by atoms with Crippen molar-refractivity contribution in [3.05, 3.63) is 48.7 Å². The van der Waals surface area contributed by atoms with Gasteiger partial charge < -0.3 is 15.2 Å². The highest BCUT2D eigenvalue weighted by molar-refractivity contribution is 5.83. The van der Waals surface area contributed by atoms with Crippen LogP contribution in [0.15, 0.2) is 43.1 Å². The van der Waals surface area contributed by atoms with Crippen LogP contribution in [0.3, 0.4) is 0 Å². The second-order valence-electron chi connectivity index (χ2n) is 5.77. The number of piperidine rings is 1. The number of hydrogen-bond donors (Lipinski definition) is 2. The molecule has 0 saturated carbocycles. The van der Waals surface area contributed by atoms with E-state index in [1.165, 1.54) is 0 Å². The Kier molecular flexibility index (Phi) is 4.41. The molecular formula is C18H22N2O2. The predicted molar refractivity (Wildman–Crippen MR) is 88.0 cm³/mol. The number of hydrogen-bond acceptors (Lipinski definition) is 4. The van der Waals surface area contributed by atoms with Gasteiger partial charge >= 0.3 is 0 Å². The number of pyridine rings is 1. The van der Waals surface area contributed by atoms with Gasteiger partial charge in [0.05, 0.1) is 18.7 Å². The fraction of sp³-hybridized carbons (Fsp3) is 0.389. The maximum absolute atomic E-state index is 10.9. The number of nitrogens with zero attached hydrogens (tertiary/aromatic N) is 1. The van der Waals surface area contributed by atoms with Gasteiger partial charge in [-0.25, -0.2) is 0 Å². The van der Waals surface area contributed by atoms with E-state index in [0.717, 1.165) is 41.5 Å². The van der Waals surface area contributed by atoms with Gasteiger partial charge in [-0.15, -0.1) is 6.58 Å². The lowest BCUT2D eigenvalue weighted by Gasteiger charge is -2.33. The first kappa shape index (κ1) is 15.0. The summed E-state index contributed by atoms with van der Waals surface area (Å²) in [4.78, 5) is 4.37. The molecule has 0 unspecified atom stereocenters. The summed E-state index contributed by atoms with van der Waals surface area (Å²) in [5, 5.41) is 15.3. The molecule has 116 valence electrons. The van der Waals surface area contributed by atoms with E-state index in [1.807, 2.05) is 30.3 Å². The summed E-state index contributed by atoms with van der Waals surface area (Å²) in [5.74, 6) is 0.773. The van der Waals surface area contributed by atoms with Crippen LogP contribution in [-0.2, 0) is 0 Å². The molecule has 1 aromatic carbocycles. The summed E-state index contributed by atoms with van der Waals surface area (Å²) in [7, 11) is 1.64. The molecule has 1 aromatic heterocycles. The number of aromatic nitrogens is 1. The van der Waals surface area contributed by atoms with E-state index in [2.05, 4.69) is 16.9 Å². The van der Waals surface area contributed by atoms with Crippen LogP contribution in [-0.4, -0.2) is 29.3 Å². The Balaban J connectivity index is 1.96. The minimum Gasteiger partial charge on any atom is -0.497 e. The van der Waals surface area contributed by atoms with Crippen LogP contribution in [0.2, 0.25) is 0 Å². The fourth-order valence-electron chi connectivity index (χ4n) is 3.18. The van der Waals surface area contributed by atoms with E-state index in [1.54, 1.807) is 13.3 Å². The Bertz CT molecular complexity index is 671. The van der Waals surface area contributed by atoms with E-state index in [4.69, 9.17) is 4.74 Å². The summed E-state index contributed by atoms with van der Waals surface area (Å²) in [6.07, 6.45) is 6.24. The SMILES string of the molecule is C=C[C@@H]1CCC[C@@H]([C@H](O)c2ccnc3ccc(OC)cc23)N1. The zero-order valence-electron chi connectivity index (χ0n) is 12.8. The third-order valence-corrected chi connectivity index (χ3v) is 4.43. The molecule has 4 nitrogen and oxygen atoms in total. The number of nitrogens with one attached hydrogen (secondary N) is 1. The maximum atomic E-state index is 10.9. The molecule has 0 bridgehead atoms. The van der Waals surface area contributed by atoms with Crippen LogP contribution >= 0.6 is 0 Å². The third kappa shape index (κ3) is 2.85. The van der Waals surface area contributed by atoms with Gasteiger partial charge in [-0.1, -0.05) is 6.08 Å². The Morgan fingerprint density at radius 1 is 1.41 bits per heavy atom. The minimum atomic E-state index is -0.569. The highest BCUT2D eigenvalue weighted by Crippen LogP contribution is 2.31. The van der Waals surface area contributed by atoms with E-state index >= 15 is 0 Å². The summed E-state index contributed by atoms with van der Waals surface area (Å²) >= 11 is 0. The van der Waals surface area contributed by atoms with E-state index in [9.17, 15) is 5.11 Å². The van der Waals surface area contributed by atoms with Crippen molar-refractivity contribution in [2.75, 3.05) is 7.11 Å². The quantitative estimate of drug-likeness (QED) is 0.852. The largest absolute Gasteiger partial charge is 0.497 e. The first-order valence-corrected chi connectivity index (χ1v) is 7.72. The first-order valence-electron chi connectivity index (χ1n) is 7.72. The van der Waals surface area contributed by atoms with Gasteiger partial charge in [0.2, 0.25) is 0 Å². The summed E-state index contributed by atoms with van der Waals surface area (Å²) in [6, 6.07) is 7.95. The van der Waals surface area contributed by atoms with Crippen molar-refractivity contribution in [1.82, 2.24) is 10.3 Å². The molecule has 0 spiro atoms. The molecular weight excluding hydrogens is 276 g/mol. The smallest absolute Gasteiger partial charge is 0.119 e. The molecule has 1 aliphatic heterocycles. The van der Waals surface area contributed by atoms with Crippen molar-refractivity contribution in [3.8, 4) is 5.75 Å². The van der Waals surface area contributed by atoms with E-state index < -0.39 is 6.10 Å². The Labute approximate surface area is 130 Å². The van der Waals surface area contributed by atoms with Crippen LogP contribution in [0.5, 0.6) is 5.75 Å². The van der Waals surface area contributed by atoms with Gasteiger partial charge in [0.1, 0.15) is 5.75 Å². The van der Waals surface area contributed by atoms with Crippen LogP contribution in [0.4, 0.5) is 0 Å². The molecule has 3 rings (SSSR count). The number of methoxy groups -OCH3 is 1. The van der Waals surface area contributed by atoms with Gasteiger partial charge in [-0.2, -0.15) is 0 Å². The van der Waals surface area contributed by atoms with Gasteiger partial charge in [0, 0.05) is 23.7 Å². The predicted octanol–water partition coefficient (Wildman–Crippen LogP) is 2.97. The first-order chi connectivity index (χ1) is 10.7. The van der Waals surface area contributed by atoms with Crippen LogP contribution in [0, 0.1) is 0 Å². The van der Waals surface area contributed by atoms with Crippen LogP contribution < -0.4 is 10.1 Å². The number of benzene rings is 1. The number of fused-ring (bicyclic) bond motifs is 1. The molecule has 1 aliphatic rings. The van der Waals surface area contributed by atoms with Gasteiger partial charge in [0.15, 0.2) is 0 Å². The zero-order valence-corrected chi connectivity index (χ0v) is 12.8. The van der Waals surface area contributed by atoms with Gasteiger partial charge in [0.25, 0.3) is 0 Å². The zero-order chi connectivity index (χ0) is 15.5. The Hall–Kier alpha value is -1.91. The molecule has 2 aromatic rings. The van der Waals surface area contributed by atoms with Gasteiger partial charge in [-0.05, 0) is 49.1 Å². The molecule has 1 saturated heterocycles. The lowest BCUT2D eigenvalue weighted by Crippen LogP contribution is -2.44. The second kappa shape index (κ2) is 6.46. The fourth-order valence-corrected chi connectivity index (χ4v) is 3.18. The van der Waals surface area contributed by atoms with Crippen LogP contribution in [0.1, 0.15) is 30.9 Å². The number of rotatable bonds is 4. The maximum Gasteiger partial charge on any atom is 0.119 e. The van der Waals surface area contributed by atoms with Crippen molar-refractivity contribution < 1.29 is 9.84 Å². The average molecular weight is 298 g/mol. The van der Waals surface area contributed by atoms with Crippen molar-refractivity contribution in [3.63, 3.8) is 0 Å². The highest BCUT2D eigenvalue weighted by atomic mass is 16.5. The third-order valence-electron chi connectivity index (χ3n) is 4.43. The molecule has 4 heteroatoms. The van der Waals surface area contributed by atoms with Gasteiger partial charge in [-0.3, -0.25) is 4.98 Å². The van der Waals surface area contributed by atoms with Crippen molar-refractivity contribution >= 4 is 10.9 Å². The molecule has 0 aliphatic carbocycles. The summed E-state index contributed by atoms with van der Waals surface area (Å²) < 4.78 is 5.30. The highest BCUT2D eigenvalue weighted by Gasteiger charge is 2.27. The van der Waals surface area contributed by atoms with Crippen molar-refractivity contribution in [1.29, 1.82) is 0 Å². The van der Waals surface area contributed by atoms with E-state index in [0.29, 0.717) is 0 Å². The number of aliphatic hydroxyl groups is 1. The lowest BCUT2D eigenvalue weighted by atomic mass is 9.90. The van der Waals surface area contributed by atoms with Crippen molar-refractivity contribution in [2.45, 2.75) is 37.5 Å². The van der Waals surface area contributed by atoms with E-state index in [-0.39, 0.29) is 12.1 Å². The molecule has 2 heterocycles. The molecule has 2 N–H and O–H groups in total. The molecule has 3 atom stereocenters. The number of aliphatic hydroxyl groups excluding tert-OH is 1. The topological polar surface area (TPSA) is 54.4 Å². The Morgan fingerprint density at radius 2 is 2.27 bits per heavy atom. The van der Waals surface area contributed by atoms with Crippen molar-refractivity contribution in [2.24, 2.45) is 0 Å². The second-order valence-corrected chi connectivity index (χ2v) is 5.77. The summed E-state index contributed by atoms with van der Waals surface area (Å²) in [6.45, 7) is 3.85. The minimum absolute atomic E-state index is 0.0357. The Morgan fingerprint density at radius 3 is 3.05 bits per heavy atom. The normalized spacial score (nSPS) is 23.2. The molecule has 0 amide bonds. The summed E-state index contributed by atoms with van der Waals surface area (Å²) in [5.41, 5.74) is 1.76. The monoisotopic (exact) mass is 298 g/mol. The average Bonchev–Trinajstić information content (AvgIpc) is 2.60. The standard InChI is InChI=1S/C18H22N2O2/c1-3-12-5-4-6-17(20-12)18(21)14-9-10-19-16-8-7-13(22-2)11-15(14)16/h3,7-12,17-18,20-21H,1,4-6H2,2H3/t12-,17+,18-/m1/s1. The number of ether oxygens (including phenoxy) is 1.